The molecular formula is C14H24N2OS. The van der Waals surface area contributed by atoms with Crippen molar-refractivity contribution in [2.45, 2.75) is 59.6 Å². The molecule has 18 heavy (non-hydrogen) atoms. The standard InChI is InChI=1S/C14H24N2OS/c1-13(2)5-10(6-14(3,4)9-13)16-11(8-17)7-15-12(16)18/h7,10,17H,5-6,8-9H2,1-4H3,(H,15,18). The lowest BCUT2D eigenvalue weighted by molar-refractivity contribution is 0.0690. The Balaban J connectivity index is 2.38. The average molecular weight is 268 g/mol. The normalized spacial score (nSPS) is 23.2. The summed E-state index contributed by atoms with van der Waals surface area (Å²) in [5, 5.41) is 9.44. The lowest BCUT2D eigenvalue weighted by atomic mass is 9.63. The van der Waals surface area contributed by atoms with E-state index >= 15 is 0 Å². The van der Waals surface area contributed by atoms with E-state index < -0.39 is 0 Å². The average Bonchev–Trinajstić information content (AvgIpc) is 2.54. The molecule has 0 aliphatic heterocycles. The molecule has 2 N–H and O–H groups in total. The summed E-state index contributed by atoms with van der Waals surface area (Å²) in [6.45, 7) is 9.36. The first-order chi connectivity index (χ1) is 8.24. The summed E-state index contributed by atoms with van der Waals surface area (Å²) in [6.07, 6.45) is 5.31. The minimum absolute atomic E-state index is 0.0461. The Kier molecular flexibility index (Phi) is 3.45. The second-order valence-corrected chi connectivity index (χ2v) is 7.57. The molecule has 102 valence electrons. The van der Waals surface area contributed by atoms with Crippen LogP contribution in [-0.2, 0) is 6.61 Å². The van der Waals surface area contributed by atoms with Crippen molar-refractivity contribution < 1.29 is 5.11 Å². The summed E-state index contributed by atoms with van der Waals surface area (Å²) in [7, 11) is 0. The minimum Gasteiger partial charge on any atom is -0.390 e. The van der Waals surface area contributed by atoms with Crippen molar-refractivity contribution in [3.05, 3.63) is 16.7 Å². The molecule has 0 atom stereocenters. The molecule has 1 fully saturated rings. The number of aliphatic hydroxyl groups is 1. The second-order valence-electron chi connectivity index (χ2n) is 7.18. The monoisotopic (exact) mass is 268 g/mol. The fraction of sp³-hybridized carbons (Fsp3) is 0.786. The number of hydrogen-bond acceptors (Lipinski definition) is 2. The molecule has 2 rings (SSSR count). The molecule has 0 saturated heterocycles. The Morgan fingerprint density at radius 1 is 1.33 bits per heavy atom. The van der Waals surface area contributed by atoms with Gasteiger partial charge in [-0.2, -0.15) is 0 Å². The predicted molar refractivity (Wildman–Crippen MR) is 76.0 cm³/mol. The summed E-state index contributed by atoms with van der Waals surface area (Å²) >= 11 is 5.37. The van der Waals surface area contributed by atoms with Gasteiger partial charge in [0.15, 0.2) is 4.77 Å². The van der Waals surface area contributed by atoms with Crippen molar-refractivity contribution in [1.82, 2.24) is 9.55 Å². The van der Waals surface area contributed by atoms with Gasteiger partial charge in [-0.1, -0.05) is 27.7 Å². The number of aromatic nitrogens is 2. The van der Waals surface area contributed by atoms with Gasteiger partial charge >= 0.3 is 0 Å². The third-order valence-corrected chi connectivity index (χ3v) is 4.27. The topological polar surface area (TPSA) is 41.0 Å². The van der Waals surface area contributed by atoms with E-state index in [0.29, 0.717) is 16.9 Å². The molecule has 4 heteroatoms. The Bertz CT molecular complexity index is 468. The molecule has 0 unspecified atom stereocenters. The SMILES string of the molecule is CC1(C)CC(n2c(CO)c[nH]c2=S)CC(C)(C)C1. The van der Waals surface area contributed by atoms with Crippen LogP contribution in [0.2, 0.25) is 0 Å². The van der Waals surface area contributed by atoms with E-state index in [9.17, 15) is 5.11 Å². The minimum atomic E-state index is 0.0461. The molecule has 0 radical (unpaired) electrons. The molecule has 1 aliphatic rings. The summed E-state index contributed by atoms with van der Waals surface area (Å²) < 4.78 is 2.86. The molecule has 1 aromatic heterocycles. The molecule has 1 aromatic rings. The van der Waals surface area contributed by atoms with Crippen LogP contribution in [0.1, 0.15) is 58.7 Å². The molecule has 1 heterocycles. The largest absolute Gasteiger partial charge is 0.390 e. The van der Waals surface area contributed by atoms with Gasteiger partial charge in [-0.25, -0.2) is 0 Å². The number of nitrogens with one attached hydrogen (secondary N) is 1. The maximum Gasteiger partial charge on any atom is 0.177 e. The van der Waals surface area contributed by atoms with E-state index in [-0.39, 0.29) is 6.61 Å². The lowest BCUT2D eigenvalue weighted by Crippen LogP contribution is -2.35. The van der Waals surface area contributed by atoms with E-state index in [1.165, 1.54) is 6.42 Å². The highest BCUT2D eigenvalue weighted by atomic mass is 32.1. The van der Waals surface area contributed by atoms with Crippen LogP contribution in [0.4, 0.5) is 0 Å². The molecule has 3 nitrogen and oxygen atoms in total. The quantitative estimate of drug-likeness (QED) is 0.801. The Morgan fingerprint density at radius 3 is 2.39 bits per heavy atom. The van der Waals surface area contributed by atoms with E-state index in [2.05, 4.69) is 37.2 Å². The van der Waals surface area contributed by atoms with E-state index in [0.717, 1.165) is 23.3 Å². The third-order valence-electron chi connectivity index (χ3n) is 3.95. The fourth-order valence-electron chi connectivity index (χ4n) is 3.91. The number of aliphatic hydroxyl groups excluding tert-OH is 1. The van der Waals surface area contributed by atoms with E-state index in [1.807, 2.05) is 6.20 Å². The molecular weight excluding hydrogens is 244 g/mol. The van der Waals surface area contributed by atoms with Crippen LogP contribution >= 0.6 is 12.2 Å². The van der Waals surface area contributed by atoms with Crippen LogP contribution < -0.4 is 0 Å². The molecule has 1 aliphatic carbocycles. The highest BCUT2D eigenvalue weighted by molar-refractivity contribution is 7.71. The Hall–Kier alpha value is -0.610. The van der Waals surface area contributed by atoms with Crippen LogP contribution in [-0.4, -0.2) is 14.7 Å². The first-order valence-electron chi connectivity index (χ1n) is 6.64. The van der Waals surface area contributed by atoms with Crippen LogP contribution in [0.15, 0.2) is 6.20 Å². The first-order valence-corrected chi connectivity index (χ1v) is 7.05. The van der Waals surface area contributed by atoms with Crippen molar-refractivity contribution in [3.8, 4) is 0 Å². The van der Waals surface area contributed by atoms with Gasteiger partial charge in [-0.15, -0.1) is 0 Å². The van der Waals surface area contributed by atoms with Gasteiger partial charge in [0.2, 0.25) is 0 Å². The van der Waals surface area contributed by atoms with Crippen molar-refractivity contribution >= 4 is 12.2 Å². The van der Waals surface area contributed by atoms with Crippen molar-refractivity contribution in [1.29, 1.82) is 0 Å². The van der Waals surface area contributed by atoms with Gasteiger partial charge in [0, 0.05) is 12.2 Å². The van der Waals surface area contributed by atoms with Crippen molar-refractivity contribution in [3.63, 3.8) is 0 Å². The second kappa shape index (κ2) is 4.49. The zero-order valence-corrected chi connectivity index (χ0v) is 12.6. The predicted octanol–water partition coefficient (Wildman–Crippen LogP) is 3.82. The molecule has 0 bridgehead atoms. The summed E-state index contributed by atoms with van der Waals surface area (Å²) in [6, 6.07) is 0.393. The molecule has 0 aromatic carbocycles. The van der Waals surface area contributed by atoms with Crippen molar-refractivity contribution in [2.24, 2.45) is 10.8 Å². The summed E-state index contributed by atoms with van der Waals surface area (Å²) in [4.78, 5) is 3.06. The summed E-state index contributed by atoms with van der Waals surface area (Å²) in [5.74, 6) is 0. The highest BCUT2D eigenvalue weighted by Crippen LogP contribution is 2.50. The van der Waals surface area contributed by atoms with E-state index in [1.54, 1.807) is 0 Å². The van der Waals surface area contributed by atoms with Gasteiger partial charge in [0.25, 0.3) is 0 Å². The number of nitrogens with zero attached hydrogens (tertiary/aromatic N) is 1. The third kappa shape index (κ3) is 2.69. The fourth-order valence-corrected chi connectivity index (χ4v) is 4.23. The highest BCUT2D eigenvalue weighted by Gasteiger charge is 2.39. The van der Waals surface area contributed by atoms with Gasteiger partial charge in [-0.05, 0) is 42.3 Å². The van der Waals surface area contributed by atoms with Gasteiger partial charge < -0.3 is 14.7 Å². The number of hydrogen-bond donors (Lipinski definition) is 2. The maximum absolute atomic E-state index is 9.44. The van der Waals surface area contributed by atoms with Gasteiger partial charge in [0.1, 0.15) is 0 Å². The van der Waals surface area contributed by atoms with Crippen LogP contribution in [0, 0.1) is 15.6 Å². The molecule has 0 spiro atoms. The Morgan fingerprint density at radius 2 is 1.89 bits per heavy atom. The van der Waals surface area contributed by atoms with Gasteiger partial charge in [0.05, 0.1) is 12.3 Å². The zero-order valence-electron chi connectivity index (χ0n) is 11.8. The first kappa shape index (κ1) is 13.8. The summed E-state index contributed by atoms with van der Waals surface area (Å²) in [5.41, 5.74) is 1.55. The lowest BCUT2D eigenvalue weighted by Gasteiger charge is -2.45. The van der Waals surface area contributed by atoms with Crippen LogP contribution in [0.5, 0.6) is 0 Å². The van der Waals surface area contributed by atoms with E-state index in [4.69, 9.17) is 12.2 Å². The van der Waals surface area contributed by atoms with Crippen LogP contribution in [0.3, 0.4) is 0 Å². The number of aromatic amines is 1. The van der Waals surface area contributed by atoms with Gasteiger partial charge in [-0.3, -0.25) is 0 Å². The Labute approximate surface area is 114 Å². The zero-order chi connectivity index (χ0) is 13.6. The van der Waals surface area contributed by atoms with Crippen molar-refractivity contribution in [2.75, 3.05) is 0 Å². The van der Waals surface area contributed by atoms with Crippen LogP contribution in [0.25, 0.3) is 0 Å². The molecule has 1 saturated carbocycles. The maximum atomic E-state index is 9.44. The molecule has 0 amide bonds. The number of imidazole rings is 1. The number of H-pyrrole nitrogens is 1. The smallest absolute Gasteiger partial charge is 0.177 e. The number of rotatable bonds is 2.